The predicted molar refractivity (Wildman–Crippen MR) is 173 cm³/mol. The van der Waals surface area contributed by atoms with Crippen LogP contribution in [-0.2, 0) is 13.1 Å². The maximum absolute atomic E-state index is 12.0. The minimum Gasteiger partial charge on any atom is -0.618 e. The second kappa shape index (κ2) is 12.8. The number of aromatic nitrogens is 10. The van der Waals surface area contributed by atoms with Crippen LogP contribution in [0.1, 0.15) is 33.6 Å². The van der Waals surface area contributed by atoms with E-state index in [0.717, 1.165) is 31.7 Å². The zero-order valence-electron chi connectivity index (χ0n) is 25.7. The number of rotatable bonds is 6. The van der Waals surface area contributed by atoms with Crippen molar-refractivity contribution < 1.29 is 18.9 Å². The Kier molecular flexibility index (Phi) is 8.98. The lowest BCUT2D eigenvalue weighted by atomic mass is 10.1. The Morgan fingerprint density at radius 1 is 0.761 bits per heavy atom. The molecule has 0 saturated heterocycles. The minimum atomic E-state index is 0.0707. The maximum atomic E-state index is 12.0. The van der Waals surface area contributed by atoms with E-state index in [2.05, 4.69) is 45.8 Å². The van der Waals surface area contributed by atoms with Gasteiger partial charge in [0.1, 0.15) is 15.6 Å². The number of methoxy groups -OCH3 is 2. The summed E-state index contributed by atoms with van der Waals surface area (Å²) in [6, 6.07) is 0. The normalized spacial score (nSPS) is 11.1. The molecule has 6 aromatic heterocycles. The van der Waals surface area contributed by atoms with E-state index in [0.29, 0.717) is 62.9 Å². The van der Waals surface area contributed by atoms with Gasteiger partial charge in [-0.1, -0.05) is 11.6 Å². The van der Waals surface area contributed by atoms with E-state index >= 15 is 0 Å². The minimum absolute atomic E-state index is 0.0707. The molecule has 0 aromatic carbocycles. The molecule has 0 saturated carbocycles. The average molecular weight is 714 g/mol. The predicted octanol–water partition coefficient (Wildman–Crippen LogP) is 2.85. The van der Waals surface area contributed by atoms with Gasteiger partial charge in [-0.3, -0.25) is 0 Å². The van der Waals surface area contributed by atoms with Crippen molar-refractivity contribution in [3.63, 3.8) is 0 Å². The van der Waals surface area contributed by atoms with E-state index in [1.54, 1.807) is 51.5 Å². The highest BCUT2D eigenvalue weighted by atomic mass is 79.9. The average Bonchev–Trinajstić information content (AvgIpc) is 3.60. The van der Waals surface area contributed by atoms with E-state index < -0.39 is 0 Å². The summed E-state index contributed by atoms with van der Waals surface area (Å²) in [6.45, 7) is 8.05. The first-order valence-corrected chi connectivity index (χ1v) is 14.8. The molecule has 0 aliphatic carbocycles. The first kappa shape index (κ1) is 32.4. The number of fused-ring (bicyclic) bond motifs is 2. The van der Waals surface area contributed by atoms with Gasteiger partial charge < -0.3 is 40.5 Å². The van der Waals surface area contributed by atoms with Crippen molar-refractivity contribution in [2.75, 3.05) is 25.7 Å². The van der Waals surface area contributed by atoms with Crippen LogP contribution in [0.15, 0.2) is 29.7 Å². The van der Waals surface area contributed by atoms with Gasteiger partial charge in [0.2, 0.25) is 23.3 Å². The Morgan fingerprint density at radius 2 is 1.20 bits per heavy atom. The summed E-state index contributed by atoms with van der Waals surface area (Å²) in [5, 5.41) is 24.2. The molecule has 4 N–H and O–H groups in total. The zero-order chi connectivity index (χ0) is 33.4. The van der Waals surface area contributed by atoms with Crippen molar-refractivity contribution in [2.45, 2.75) is 40.8 Å². The van der Waals surface area contributed by atoms with Gasteiger partial charge in [0.15, 0.2) is 40.3 Å². The summed E-state index contributed by atoms with van der Waals surface area (Å²) in [5.41, 5.74) is 18.0. The third-order valence-corrected chi connectivity index (χ3v) is 8.29. The van der Waals surface area contributed by atoms with Crippen molar-refractivity contribution in [1.82, 2.24) is 39.0 Å². The van der Waals surface area contributed by atoms with E-state index in [9.17, 15) is 10.4 Å². The van der Waals surface area contributed by atoms with E-state index in [1.807, 2.05) is 18.4 Å². The first-order valence-electron chi connectivity index (χ1n) is 13.6. The van der Waals surface area contributed by atoms with Crippen LogP contribution in [0.25, 0.3) is 22.3 Å². The molecule has 46 heavy (non-hydrogen) atoms. The van der Waals surface area contributed by atoms with Gasteiger partial charge in [-0.05, 0) is 29.8 Å². The fourth-order valence-corrected chi connectivity index (χ4v) is 5.76. The molecule has 0 atom stereocenters. The molecule has 6 heterocycles. The number of hydrogen-bond donors (Lipinski definition) is 2. The zero-order valence-corrected chi connectivity index (χ0v) is 28.1. The molecule has 6 rings (SSSR count). The van der Waals surface area contributed by atoms with Crippen LogP contribution in [0.4, 0.5) is 11.9 Å². The molecule has 0 aliphatic rings. The van der Waals surface area contributed by atoms with Gasteiger partial charge in [0, 0.05) is 36.1 Å². The van der Waals surface area contributed by atoms with Crippen LogP contribution in [0.3, 0.4) is 0 Å². The lowest BCUT2D eigenvalue weighted by Gasteiger charge is -2.13. The lowest BCUT2D eigenvalue weighted by Crippen LogP contribution is -2.31. The largest absolute Gasteiger partial charge is 0.618 e. The summed E-state index contributed by atoms with van der Waals surface area (Å²) < 4.78 is 16.4. The fourth-order valence-electron chi connectivity index (χ4n) is 5.07. The molecule has 0 aliphatic heterocycles. The van der Waals surface area contributed by atoms with Gasteiger partial charge in [0.05, 0.1) is 40.0 Å². The highest BCUT2D eigenvalue weighted by Crippen LogP contribution is 2.27. The highest BCUT2D eigenvalue weighted by Gasteiger charge is 2.20. The topological polar surface area (TPSA) is 212 Å². The van der Waals surface area contributed by atoms with Crippen LogP contribution in [-0.4, -0.2) is 53.3 Å². The van der Waals surface area contributed by atoms with Crippen molar-refractivity contribution in [3.8, 4) is 11.5 Å². The Hall–Kier alpha value is -5.03. The molecule has 0 bridgehead atoms. The summed E-state index contributed by atoms with van der Waals surface area (Å²) in [4.78, 5) is 24.8. The van der Waals surface area contributed by atoms with Gasteiger partial charge in [-0.15, -0.1) is 0 Å². The Balaban J connectivity index is 0.000000181. The van der Waals surface area contributed by atoms with Crippen molar-refractivity contribution >= 4 is 61.8 Å². The molecule has 16 nitrogen and oxygen atoms in total. The number of ether oxygens (including phenoxy) is 2. The van der Waals surface area contributed by atoms with E-state index in [4.69, 9.17) is 32.5 Å². The number of anilines is 2. The molecule has 0 spiro atoms. The maximum Gasteiger partial charge on any atom is 0.232 e. The molecule has 6 aromatic rings. The van der Waals surface area contributed by atoms with Crippen LogP contribution in [0.2, 0.25) is 5.15 Å². The summed E-state index contributed by atoms with van der Waals surface area (Å²) in [5.74, 6) is 1.37. The second-order valence-electron chi connectivity index (χ2n) is 10.3. The number of pyridine rings is 2. The van der Waals surface area contributed by atoms with Gasteiger partial charge >= 0.3 is 0 Å². The third-order valence-electron chi connectivity index (χ3n) is 7.48. The Labute approximate surface area is 275 Å². The quantitative estimate of drug-likeness (QED) is 0.145. The molecular formula is C28H30BrClN12O4. The van der Waals surface area contributed by atoms with E-state index in [1.165, 1.54) is 6.20 Å². The van der Waals surface area contributed by atoms with Crippen LogP contribution < -0.4 is 30.4 Å². The third kappa shape index (κ3) is 5.97. The lowest BCUT2D eigenvalue weighted by molar-refractivity contribution is -0.613. The Bertz CT molecular complexity index is 1970. The SMILES string of the molecule is COc1c(C)c(Cn2cnc3c(Br)nc(N)nc32)c[n+]([O-])c1C.COc1c(C)c(Cn2cnc3c(Cl)nc(N)nc32)c[n+]([O-])c1C. The molecule has 0 radical (unpaired) electrons. The van der Waals surface area contributed by atoms with Gasteiger partial charge in [-0.2, -0.15) is 24.4 Å². The molecule has 18 heteroatoms. The number of nitrogens with zero attached hydrogens (tertiary/aromatic N) is 10. The monoisotopic (exact) mass is 712 g/mol. The van der Waals surface area contributed by atoms with Gasteiger partial charge in [-0.25, -0.2) is 15.0 Å². The molecular weight excluding hydrogens is 684 g/mol. The molecule has 0 unspecified atom stereocenters. The van der Waals surface area contributed by atoms with Crippen molar-refractivity contribution in [3.05, 3.63) is 78.9 Å². The van der Waals surface area contributed by atoms with Crippen molar-refractivity contribution in [1.29, 1.82) is 0 Å². The van der Waals surface area contributed by atoms with Crippen LogP contribution in [0, 0.1) is 38.1 Å². The van der Waals surface area contributed by atoms with Crippen LogP contribution >= 0.6 is 27.5 Å². The Morgan fingerprint density at radius 3 is 1.67 bits per heavy atom. The fraction of sp³-hybridized carbons (Fsp3) is 0.286. The first-order chi connectivity index (χ1) is 21.8. The summed E-state index contributed by atoms with van der Waals surface area (Å²) in [6.07, 6.45) is 6.29. The summed E-state index contributed by atoms with van der Waals surface area (Å²) >= 11 is 9.35. The summed E-state index contributed by atoms with van der Waals surface area (Å²) in [7, 11) is 3.09. The number of hydrogen-bond acceptors (Lipinski definition) is 12. The standard InChI is InChI=1S/C14H15BrN6O2.C14H15ClN6O2/c2*1-7-9(5-21(22)8(2)11(7)23-3)4-20-6-17-10-12(15)18-14(16)19-13(10)20/h2*5-6H,4H2,1-3H3,(H2,16,18,19). The van der Waals surface area contributed by atoms with Crippen LogP contribution in [0.5, 0.6) is 11.5 Å². The van der Waals surface area contributed by atoms with Gasteiger partial charge in [0.25, 0.3) is 0 Å². The second-order valence-corrected chi connectivity index (χ2v) is 11.4. The number of nitrogens with two attached hydrogens (primary N) is 2. The van der Waals surface area contributed by atoms with E-state index in [-0.39, 0.29) is 17.0 Å². The molecule has 0 amide bonds. The van der Waals surface area contributed by atoms with Crippen molar-refractivity contribution in [2.24, 2.45) is 0 Å². The number of imidazole rings is 2. The highest BCUT2D eigenvalue weighted by molar-refractivity contribution is 9.10. The number of halogens is 2. The molecule has 240 valence electrons. The number of nitrogen functional groups attached to an aromatic ring is 2. The smallest absolute Gasteiger partial charge is 0.232 e. The molecule has 0 fully saturated rings.